The highest BCUT2D eigenvalue weighted by atomic mass is 35.5. The first-order valence-electron chi connectivity index (χ1n) is 6.24. The molecule has 4 heteroatoms. The molecule has 1 aliphatic heterocycles. The lowest BCUT2D eigenvalue weighted by atomic mass is 9.99. The molecule has 0 spiro atoms. The van der Waals surface area contributed by atoms with Crippen LogP contribution in [0.4, 0.5) is 0 Å². The van der Waals surface area contributed by atoms with Crippen molar-refractivity contribution in [2.45, 2.75) is 13.1 Å². The van der Waals surface area contributed by atoms with Crippen LogP contribution < -0.4 is 0 Å². The van der Waals surface area contributed by atoms with Gasteiger partial charge in [-0.2, -0.15) is 5.10 Å². The van der Waals surface area contributed by atoms with Crippen molar-refractivity contribution >= 4 is 11.6 Å². The Labute approximate surface area is 112 Å². The van der Waals surface area contributed by atoms with Gasteiger partial charge in [0.25, 0.3) is 0 Å². The van der Waals surface area contributed by atoms with Crippen LogP contribution in [0.3, 0.4) is 0 Å². The van der Waals surface area contributed by atoms with E-state index in [4.69, 9.17) is 11.6 Å². The molecule has 0 saturated carbocycles. The molecule has 0 radical (unpaired) electrons. The number of halogens is 1. The lowest BCUT2D eigenvalue weighted by Gasteiger charge is -2.39. The standard InChI is InChI=1S/C14H16ClN3/c15-14-6-16-18(11-14)10-13-8-17(9-13)7-12-4-2-1-3-5-12/h1-6,11,13H,7-10H2. The summed E-state index contributed by atoms with van der Waals surface area (Å²) in [6.07, 6.45) is 3.59. The van der Waals surface area contributed by atoms with Crippen molar-refractivity contribution in [3.8, 4) is 0 Å². The fraction of sp³-hybridized carbons (Fsp3) is 0.357. The molecule has 0 unspecified atom stereocenters. The van der Waals surface area contributed by atoms with Gasteiger partial charge in [-0.1, -0.05) is 41.9 Å². The van der Waals surface area contributed by atoms with Gasteiger partial charge in [-0.05, 0) is 5.56 Å². The third-order valence-electron chi connectivity index (χ3n) is 3.33. The van der Waals surface area contributed by atoms with E-state index in [9.17, 15) is 0 Å². The van der Waals surface area contributed by atoms with E-state index in [1.54, 1.807) is 6.20 Å². The van der Waals surface area contributed by atoms with Gasteiger partial charge in [-0.25, -0.2) is 0 Å². The van der Waals surface area contributed by atoms with Gasteiger partial charge in [-0.3, -0.25) is 9.58 Å². The molecule has 2 heterocycles. The second-order valence-corrected chi connectivity index (χ2v) is 5.36. The van der Waals surface area contributed by atoms with Crippen molar-refractivity contribution in [2.24, 2.45) is 5.92 Å². The highest BCUT2D eigenvalue weighted by molar-refractivity contribution is 6.30. The smallest absolute Gasteiger partial charge is 0.0785 e. The minimum Gasteiger partial charge on any atom is -0.298 e. The minimum atomic E-state index is 0.699. The summed E-state index contributed by atoms with van der Waals surface area (Å²) in [5.74, 6) is 0.699. The highest BCUT2D eigenvalue weighted by Gasteiger charge is 2.26. The Bertz CT molecular complexity index is 503. The van der Waals surface area contributed by atoms with E-state index in [-0.39, 0.29) is 0 Å². The summed E-state index contributed by atoms with van der Waals surface area (Å²) in [7, 11) is 0. The number of hydrogen-bond donors (Lipinski definition) is 0. The molecule has 0 atom stereocenters. The molecule has 1 aromatic heterocycles. The van der Waals surface area contributed by atoms with E-state index in [0.717, 1.165) is 31.2 Å². The Balaban J connectivity index is 1.46. The number of benzene rings is 1. The normalized spacial score (nSPS) is 16.7. The zero-order chi connectivity index (χ0) is 12.4. The highest BCUT2D eigenvalue weighted by Crippen LogP contribution is 2.20. The van der Waals surface area contributed by atoms with Gasteiger partial charge < -0.3 is 0 Å². The Morgan fingerprint density at radius 1 is 1.22 bits per heavy atom. The monoisotopic (exact) mass is 261 g/mol. The summed E-state index contributed by atoms with van der Waals surface area (Å²) in [5.41, 5.74) is 1.39. The van der Waals surface area contributed by atoms with Crippen LogP contribution in [0, 0.1) is 5.92 Å². The van der Waals surface area contributed by atoms with Crippen molar-refractivity contribution in [3.63, 3.8) is 0 Å². The van der Waals surface area contributed by atoms with Gasteiger partial charge in [0.05, 0.1) is 11.2 Å². The first kappa shape index (κ1) is 11.8. The second kappa shape index (κ2) is 5.12. The van der Waals surface area contributed by atoms with Crippen LogP contribution in [0.25, 0.3) is 0 Å². The summed E-state index contributed by atoms with van der Waals surface area (Å²) in [6, 6.07) is 10.6. The van der Waals surface area contributed by atoms with Gasteiger partial charge >= 0.3 is 0 Å². The number of nitrogens with zero attached hydrogens (tertiary/aromatic N) is 3. The van der Waals surface area contributed by atoms with E-state index in [2.05, 4.69) is 40.3 Å². The maximum absolute atomic E-state index is 5.85. The molecule has 2 aromatic rings. The lowest BCUT2D eigenvalue weighted by molar-refractivity contribution is 0.0778. The van der Waals surface area contributed by atoms with Crippen LogP contribution in [-0.4, -0.2) is 27.8 Å². The minimum absolute atomic E-state index is 0.699. The number of rotatable bonds is 4. The number of aromatic nitrogens is 2. The van der Waals surface area contributed by atoms with Gasteiger partial charge in [0.2, 0.25) is 0 Å². The van der Waals surface area contributed by atoms with E-state index in [1.165, 1.54) is 5.56 Å². The van der Waals surface area contributed by atoms with Gasteiger partial charge in [0, 0.05) is 38.3 Å². The van der Waals surface area contributed by atoms with E-state index >= 15 is 0 Å². The van der Waals surface area contributed by atoms with Crippen molar-refractivity contribution in [1.82, 2.24) is 14.7 Å². The van der Waals surface area contributed by atoms with Crippen molar-refractivity contribution < 1.29 is 0 Å². The molecule has 94 valence electrons. The molecule has 3 rings (SSSR count). The second-order valence-electron chi connectivity index (χ2n) is 4.93. The summed E-state index contributed by atoms with van der Waals surface area (Å²) >= 11 is 5.85. The molecule has 0 amide bonds. The third-order valence-corrected chi connectivity index (χ3v) is 3.52. The van der Waals surface area contributed by atoms with Crippen molar-refractivity contribution in [1.29, 1.82) is 0 Å². The Morgan fingerprint density at radius 3 is 2.67 bits per heavy atom. The first-order chi connectivity index (χ1) is 8.79. The Hall–Kier alpha value is -1.32. The maximum Gasteiger partial charge on any atom is 0.0785 e. The van der Waals surface area contributed by atoms with Crippen molar-refractivity contribution in [2.75, 3.05) is 13.1 Å². The van der Waals surface area contributed by atoms with E-state index < -0.39 is 0 Å². The van der Waals surface area contributed by atoms with Gasteiger partial charge in [0.1, 0.15) is 0 Å². The third kappa shape index (κ3) is 2.74. The molecule has 1 aromatic carbocycles. The van der Waals surface area contributed by atoms with Crippen molar-refractivity contribution in [3.05, 3.63) is 53.3 Å². The summed E-state index contributed by atoms with van der Waals surface area (Å²) < 4.78 is 1.94. The predicted molar refractivity (Wildman–Crippen MR) is 72.4 cm³/mol. The average Bonchev–Trinajstić information content (AvgIpc) is 2.73. The first-order valence-corrected chi connectivity index (χ1v) is 6.61. The van der Waals surface area contributed by atoms with Crippen LogP contribution in [0.15, 0.2) is 42.7 Å². The molecule has 1 fully saturated rings. The lowest BCUT2D eigenvalue weighted by Crippen LogP contribution is -2.47. The topological polar surface area (TPSA) is 21.1 Å². The van der Waals surface area contributed by atoms with Crippen LogP contribution in [-0.2, 0) is 13.1 Å². The molecule has 0 N–H and O–H groups in total. The molecule has 18 heavy (non-hydrogen) atoms. The van der Waals surface area contributed by atoms with Gasteiger partial charge in [-0.15, -0.1) is 0 Å². The number of likely N-dealkylation sites (tertiary alicyclic amines) is 1. The van der Waals surface area contributed by atoms with Crippen LogP contribution in [0.2, 0.25) is 5.02 Å². The maximum atomic E-state index is 5.85. The summed E-state index contributed by atoms with van der Waals surface area (Å²) in [4.78, 5) is 2.46. The largest absolute Gasteiger partial charge is 0.298 e. The molecular weight excluding hydrogens is 246 g/mol. The average molecular weight is 262 g/mol. The number of hydrogen-bond acceptors (Lipinski definition) is 2. The fourth-order valence-corrected chi connectivity index (χ4v) is 2.62. The van der Waals surface area contributed by atoms with Crippen LogP contribution >= 0.6 is 11.6 Å². The van der Waals surface area contributed by atoms with Crippen LogP contribution in [0.5, 0.6) is 0 Å². The SMILES string of the molecule is Clc1cnn(CC2CN(Cc3ccccc3)C2)c1. The molecule has 0 bridgehead atoms. The zero-order valence-electron chi connectivity index (χ0n) is 10.2. The summed E-state index contributed by atoms with van der Waals surface area (Å²) in [5, 5.41) is 4.93. The molecule has 0 aliphatic carbocycles. The van der Waals surface area contributed by atoms with E-state index in [0.29, 0.717) is 5.92 Å². The molecule has 1 saturated heterocycles. The molecular formula is C14H16ClN3. The summed E-state index contributed by atoms with van der Waals surface area (Å²) in [6.45, 7) is 4.31. The quantitative estimate of drug-likeness (QED) is 0.844. The van der Waals surface area contributed by atoms with Crippen LogP contribution in [0.1, 0.15) is 5.56 Å². The van der Waals surface area contributed by atoms with E-state index in [1.807, 2.05) is 10.9 Å². The fourth-order valence-electron chi connectivity index (χ4n) is 2.47. The molecule has 3 nitrogen and oxygen atoms in total. The van der Waals surface area contributed by atoms with Gasteiger partial charge in [0.15, 0.2) is 0 Å². The Morgan fingerprint density at radius 2 is 2.00 bits per heavy atom. The Kier molecular flexibility index (Phi) is 3.35. The predicted octanol–water partition coefficient (Wildman–Crippen LogP) is 2.67. The molecule has 1 aliphatic rings. The zero-order valence-corrected chi connectivity index (χ0v) is 10.9.